The summed E-state index contributed by atoms with van der Waals surface area (Å²) in [6, 6.07) is 1.63. The summed E-state index contributed by atoms with van der Waals surface area (Å²) in [5.74, 6) is -3.27. The van der Waals surface area contributed by atoms with Gasteiger partial charge in [-0.25, -0.2) is 0 Å². The van der Waals surface area contributed by atoms with Crippen molar-refractivity contribution < 1.29 is 93.4 Å². The van der Waals surface area contributed by atoms with Crippen molar-refractivity contribution in [1.29, 1.82) is 0 Å². The first-order valence-corrected chi connectivity index (χ1v) is 32.0. The molecule has 502 valence electrons. The largest absolute Gasteiger partial charge is 0.417 e. The van der Waals surface area contributed by atoms with E-state index in [2.05, 4.69) is 31.1 Å². The Morgan fingerprint density at radius 2 is 0.800 bits per heavy atom. The second-order valence-electron chi connectivity index (χ2n) is 24.5. The van der Waals surface area contributed by atoms with E-state index in [0.29, 0.717) is 62.0 Å². The van der Waals surface area contributed by atoms with E-state index in [-0.39, 0.29) is 76.9 Å². The van der Waals surface area contributed by atoms with Gasteiger partial charge in [-0.3, -0.25) is 24.2 Å². The van der Waals surface area contributed by atoms with E-state index in [9.17, 15) is 93.4 Å². The van der Waals surface area contributed by atoms with E-state index in [0.717, 1.165) is 129 Å². The summed E-state index contributed by atoms with van der Waals surface area (Å²) in [6.07, 6.45) is -11.3. The molecule has 2 saturated heterocycles. The highest BCUT2D eigenvalue weighted by Gasteiger charge is 2.47. The average Bonchev–Trinajstić information content (AvgIpc) is 1.19. The van der Waals surface area contributed by atoms with Crippen LogP contribution in [-0.2, 0) is 43.5 Å². The SMILES string of the molecule is CCc1cc(C(F)(F)F)cc(C(F)(F)F)c1C(=O)NC1CCCC1N1CCCC1.CSc1cc(C(F)(F)F)cc(C(F)(F)F)c1C(=O)NC1CCCC1NC1CCCC1.O=C(NC1CCCCC1N1CCCC1)c1c(C2CC2)cc(C(F)(F)F)cc1C(F)(F)F. The first-order chi connectivity index (χ1) is 42.1. The number of likely N-dealkylation sites (tertiary alicyclic amines) is 2. The molecule has 9 nitrogen and oxygen atoms in total. The number of nitrogens with zero attached hydrogens (tertiary/aromatic N) is 2. The number of hydrogen-bond acceptors (Lipinski definition) is 7. The lowest BCUT2D eigenvalue weighted by Crippen LogP contribution is -2.52. The van der Waals surface area contributed by atoms with Crippen molar-refractivity contribution in [3.8, 4) is 0 Å². The minimum absolute atomic E-state index is 0.0253. The second-order valence-corrected chi connectivity index (χ2v) is 25.4. The van der Waals surface area contributed by atoms with Gasteiger partial charge in [-0.2, -0.15) is 79.0 Å². The van der Waals surface area contributed by atoms with E-state index in [4.69, 9.17) is 0 Å². The molecule has 7 aliphatic rings. The number of nitrogens with one attached hydrogen (secondary N) is 4. The van der Waals surface area contributed by atoms with Crippen molar-refractivity contribution in [2.45, 2.75) is 232 Å². The molecule has 0 bridgehead atoms. The summed E-state index contributed by atoms with van der Waals surface area (Å²) >= 11 is 0.693. The molecule has 28 heteroatoms. The number of halogens is 18. The maximum atomic E-state index is 13.8. The lowest BCUT2D eigenvalue weighted by atomic mass is 9.88. The molecule has 4 N–H and O–H groups in total. The number of carbonyl (C=O) groups is 3. The molecule has 6 atom stereocenters. The molecule has 90 heavy (non-hydrogen) atoms. The molecule has 7 fully saturated rings. The van der Waals surface area contributed by atoms with Gasteiger partial charge in [0.05, 0.1) is 50.1 Å². The van der Waals surface area contributed by atoms with Gasteiger partial charge in [0, 0.05) is 47.2 Å². The van der Waals surface area contributed by atoms with Gasteiger partial charge in [0.15, 0.2) is 0 Å². The summed E-state index contributed by atoms with van der Waals surface area (Å²) < 4.78 is 241. The van der Waals surface area contributed by atoms with Crippen LogP contribution in [0, 0.1) is 0 Å². The zero-order chi connectivity index (χ0) is 65.9. The van der Waals surface area contributed by atoms with Crippen molar-refractivity contribution in [3.05, 3.63) is 97.6 Å². The van der Waals surface area contributed by atoms with Gasteiger partial charge in [-0.05, 0) is 195 Å². The summed E-state index contributed by atoms with van der Waals surface area (Å²) in [4.78, 5) is 43.0. The lowest BCUT2D eigenvalue weighted by Gasteiger charge is -2.38. The molecule has 0 spiro atoms. The molecule has 6 unspecified atom stereocenters. The number of hydrogen-bond donors (Lipinski definition) is 4. The van der Waals surface area contributed by atoms with E-state index < -0.39 is 111 Å². The number of aryl methyl sites for hydroxylation is 1. The molecule has 5 saturated carbocycles. The van der Waals surface area contributed by atoms with Gasteiger partial charge in [0.1, 0.15) is 0 Å². The van der Waals surface area contributed by atoms with Crippen LogP contribution in [0.3, 0.4) is 0 Å². The third-order valence-electron chi connectivity index (χ3n) is 18.4. The highest BCUT2D eigenvalue weighted by Crippen LogP contribution is 2.49. The van der Waals surface area contributed by atoms with Crippen LogP contribution in [0.1, 0.15) is 217 Å². The molecule has 0 radical (unpaired) electrons. The fourth-order valence-electron chi connectivity index (χ4n) is 13.9. The Morgan fingerprint density at radius 3 is 1.28 bits per heavy atom. The fourth-order valence-corrected chi connectivity index (χ4v) is 14.6. The maximum Gasteiger partial charge on any atom is 0.417 e. The smallest absolute Gasteiger partial charge is 0.348 e. The maximum absolute atomic E-state index is 13.8. The Hall–Kier alpha value is -4.96. The normalized spacial score (nSPS) is 24.1. The van der Waals surface area contributed by atoms with Gasteiger partial charge in [0.25, 0.3) is 17.7 Å². The second kappa shape index (κ2) is 28.7. The molecular weight excluding hydrogens is 1250 g/mol. The van der Waals surface area contributed by atoms with Gasteiger partial charge in [-0.15, -0.1) is 11.8 Å². The van der Waals surface area contributed by atoms with Crippen LogP contribution in [-0.4, -0.2) is 102 Å². The molecule has 2 heterocycles. The van der Waals surface area contributed by atoms with Crippen LogP contribution in [0.25, 0.3) is 0 Å². The Bertz CT molecular complexity index is 2980. The van der Waals surface area contributed by atoms with Crippen LogP contribution >= 0.6 is 11.8 Å². The number of thioether (sulfide) groups is 1. The highest BCUT2D eigenvalue weighted by atomic mass is 32.2. The van der Waals surface area contributed by atoms with E-state index >= 15 is 0 Å². The Kier molecular flexibility index (Phi) is 22.6. The van der Waals surface area contributed by atoms with Crippen LogP contribution in [0.5, 0.6) is 0 Å². The van der Waals surface area contributed by atoms with Crippen LogP contribution in [0.4, 0.5) is 79.0 Å². The van der Waals surface area contributed by atoms with Gasteiger partial charge in [-0.1, -0.05) is 32.6 Å². The van der Waals surface area contributed by atoms with E-state index in [1.807, 2.05) is 0 Å². The van der Waals surface area contributed by atoms with Crippen molar-refractivity contribution in [3.63, 3.8) is 0 Å². The quantitative estimate of drug-likeness (QED) is 0.0998. The predicted molar refractivity (Wildman–Crippen MR) is 301 cm³/mol. The Labute approximate surface area is 514 Å². The predicted octanol–water partition coefficient (Wildman–Crippen LogP) is 16.4. The molecule has 5 aliphatic carbocycles. The first-order valence-electron chi connectivity index (χ1n) is 30.7. The molecule has 10 rings (SSSR count). The fraction of sp³-hybridized carbons (Fsp3) is 0.661. The molecule has 3 aromatic carbocycles. The molecule has 2 aliphatic heterocycles. The minimum Gasteiger partial charge on any atom is -0.348 e. The number of benzene rings is 3. The van der Waals surface area contributed by atoms with Gasteiger partial charge < -0.3 is 21.3 Å². The topological polar surface area (TPSA) is 106 Å². The molecule has 3 aromatic rings. The Balaban J connectivity index is 0.000000174. The standard InChI is InChI=1S/C22H26F6N2O.C20H24F6N2OS.C20H24F6N2O/c23-21(24,25)14-11-15(13-7-8-13)19(16(12-14)22(26,27)28)20(31)29-17-5-1-2-6-18(17)30-9-3-4-10-30;1-30-16-10-11(19(21,22)23)9-13(20(24,25)26)17(16)18(29)28-15-8-4-7-14(15)27-12-5-2-3-6-12;1-2-12-10-13(19(21,22)23)11-14(20(24,25)26)17(12)18(29)27-15-6-5-7-16(15)28-8-3-4-9-28/h11-13,17-18H,1-10H2,(H,29,31);9-10,12,14-15,27H,2-8H2,1H3,(H,28,29);10-11,15-16H,2-9H2,1H3,(H,27,29). The van der Waals surface area contributed by atoms with Crippen molar-refractivity contribution in [1.82, 2.24) is 31.1 Å². The number of carbonyl (C=O) groups excluding carboxylic acids is 3. The highest BCUT2D eigenvalue weighted by molar-refractivity contribution is 7.98. The van der Waals surface area contributed by atoms with Crippen molar-refractivity contribution in [2.24, 2.45) is 0 Å². The average molecular weight is 1330 g/mol. The van der Waals surface area contributed by atoms with Crippen LogP contribution in [0.15, 0.2) is 41.3 Å². The van der Waals surface area contributed by atoms with Crippen molar-refractivity contribution >= 4 is 29.5 Å². The van der Waals surface area contributed by atoms with Gasteiger partial charge in [0.2, 0.25) is 0 Å². The zero-order valence-corrected chi connectivity index (χ0v) is 50.4. The monoisotopic (exact) mass is 1320 g/mol. The summed E-state index contributed by atoms with van der Waals surface area (Å²) in [7, 11) is 0. The third-order valence-corrected chi connectivity index (χ3v) is 19.1. The number of alkyl halides is 18. The Morgan fingerprint density at radius 1 is 0.422 bits per heavy atom. The van der Waals surface area contributed by atoms with Gasteiger partial charge >= 0.3 is 37.1 Å². The summed E-state index contributed by atoms with van der Waals surface area (Å²) in [6.45, 7) is 5.03. The van der Waals surface area contributed by atoms with E-state index in [1.54, 1.807) is 0 Å². The number of rotatable bonds is 13. The molecule has 3 amide bonds. The molecule has 0 aromatic heterocycles. The summed E-state index contributed by atoms with van der Waals surface area (Å²) in [5.41, 5.74) is -11.2. The lowest BCUT2D eigenvalue weighted by molar-refractivity contribution is -0.145. The van der Waals surface area contributed by atoms with E-state index in [1.165, 1.54) is 13.2 Å². The van der Waals surface area contributed by atoms with Crippen LogP contribution < -0.4 is 21.3 Å². The first kappa shape index (κ1) is 70.9. The minimum atomic E-state index is -5.09. The van der Waals surface area contributed by atoms with Crippen LogP contribution in [0.2, 0.25) is 0 Å². The zero-order valence-electron chi connectivity index (χ0n) is 49.6. The van der Waals surface area contributed by atoms with Crippen molar-refractivity contribution in [2.75, 3.05) is 32.4 Å². The third kappa shape index (κ3) is 17.6. The number of amides is 3. The molecular formula is C62H74F18N6O3S. The summed E-state index contributed by atoms with van der Waals surface area (Å²) in [5, 5.41) is 11.7.